The Hall–Kier alpha value is -0.720. The van der Waals surface area contributed by atoms with Crippen molar-refractivity contribution >= 4 is 27.3 Å². The van der Waals surface area contributed by atoms with E-state index in [9.17, 15) is 0 Å². The van der Waals surface area contributed by atoms with E-state index in [0.717, 1.165) is 6.42 Å². The predicted molar refractivity (Wildman–Crippen MR) is 93.5 cm³/mol. The van der Waals surface area contributed by atoms with E-state index in [-0.39, 0.29) is 0 Å². The van der Waals surface area contributed by atoms with E-state index in [0.29, 0.717) is 19.6 Å². The number of benzene rings is 1. The topological polar surface area (TPSA) is 49.7 Å². The van der Waals surface area contributed by atoms with Gasteiger partial charge in [0.15, 0.2) is 0 Å². The monoisotopic (exact) mass is 384 g/mol. The largest absolute Gasteiger partial charge is 0.391 e. The molecule has 3 rings (SSSR count). The molecule has 22 heavy (non-hydrogen) atoms. The maximum absolute atomic E-state index is 8.79. The summed E-state index contributed by atoms with van der Waals surface area (Å²) < 4.78 is 6.00. The lowest BCUT2D eigenvalue weighted by molar-refractivity contribution is -0.0714. The van der Waals surface area contributed by atoms with Gasteiger partial charge in [0.05, 0.1) is 29.2 Å². The van der Waals surface area contributed by atoms with Gasteiger partial charge in [0.2, 0.25) is 0 Å². The minimum Gasteiger partial charge on any atom is -0.391 e. The van der Waals surface area contributed by atoms with Gasteiger partial charge >= 0.3 is 0 Å². The van der Waals surface area contributed by atoms with Crippen molar-refractivity contribution in [3.63, 3.8) is 0 Å². The summed E-state index contributed by atoms with van der Waals surface area (Å²) in [4.78, 5) is 1.41. The molecule has 2 aromatic rings. The molecule has 2 atom stereocenters. The summed E-state index contributed by atoms with van der Waals surface area (Å²) in [5.41, 5.74) is 2.79. The Labute approximate surface area is 143 Å². The SMILES string of the molecule is Cc1ccccc1Cc1ccc(Br)s1.OC1COCC(O)C1. The van der Waals surface area contributed by atoms with Crippen LogP contribution in [0.25, 0.3) is 0 Å². The number of halogens is 1. The second-order valence-electron chi connectivity index (χ2n) is 5.39. The van der Waals surface area contributed by atoms with E-state index >= 15 is 0 Å². The van der Waals surface area contributed by atoms with E-state index < -0.39 is 12.2 Å². The Morgan fingerprint density at radius 3 is 2.32 bits per heavy atom. The number of ether oxygens (including phenoxy) is 1. The van der Waals surface area contributed by atoms with Gasteiger partial charge in [-0.1, -0.05) is 24.3 Å². The molecule has 1 aliphatic heterocycles. The highest BCUT2D eigenvalue weighted by molar-refractivity contribution is 9.11. The van der Waals surface area contributed by atoms with E-state index in [2.05, 4.69) is 59.3 Å². The Balaban J connectivity index is 0.000000188. The number of hydrogen-bond donors (Lipinski definition) is 2. The van der Waals surface area contributed by atoms with E-state index in [4.69, 9.17) is 14.9 Å². The van der Waals surface area contributed by atoms with Crippen LogP contribution in [-0.2, 0) is 11.2 Å². The molecule has 1 fully saturated rings. The minimum atomic E-state index is -0.459. The molecule has 0 aliphatic carbocycles. The molecule has 1 saturated heterocycles. The molecule has 1 aromatic carbocycles. The molecule has 0 bridgehead atoms. The van der Waals surface area contributed by atoms with Crippen LogP contribution >= 0.6 is 27.3 Å². The zero-order chi connectivity index (χ0) is 15.9. The summed E-state index contributed by atoms with van der Waals surface area (Å²) in [6, 6.07) is 12.8. The molecule has 0 radical (unpaired) electrons. The van der Waals surface area contributed by atoms with Crippen LogP contribution in [0.5, 0.6) is 0 Å². The van der Waals surface area contributed by atoms with Crippen molar-refractivity contribution in [2.24, 2.45) is 0 Å². The van der Waals surface area contributed by atoms with Crippen molar-refractivity contribution in [3.05, 3.63) is 56.2 Å². The maximum Gasteiger partial charge on any atom is 0.0799 e. The highest BCUT2D eigenvalue weighted by Gasteiger charge is 2.17. The van der Waals surface area contributed by atoms with Crippen molar-refractivity contribution in [3.8, 4) is 0 Å². The number of thiophene rings is 1. The molecule has 2 heterocycles. The zero-order valence-corrected chi connectivity index (χ0v) is 14.9. The fourth-order valence-electron chi connectivity index (χ4n) is 2.23. The third-order valence-corrected chi connectivity index (χ3v) is 5.04. The normalized spacial score (nSPS) is 21.1. The molecule has 1 aliphatic rings. The molecule has 0 saturated carbocycles. The van der Waals surface area contributed by atoms with E-state index in [1.54, 1.807) is 0 Å². The third-order valence-electron chi connectivity index (χ3n) is 3.42. The highest BCUT2D eigenvalue weighted by atomic mass is 79.9. The summed E-state index contributed by atoms with van der Waals surface area (Å²) in [6.07, 6.45) is 0.584. The van der Waals surface area contributed by atoms with Crippen molar-refractivity contribution in [2.75, 3.05) is 13.2 Å². The second-order valence-corrected chi connectivity index (χ2v) is 7.94. The molecule has 0 spiro atoms. The number of aliphatic hydroxyl groups excluding tert-OH is 2. The van der Waals surface area contributed by atoms with Crippen molar-refractivity contribution in [2.45, 2.75) is 32.0 Å². The first-order valence-electron chi connectivity index (χ1n) is 7.27. The number of rotatable bonds is 2. The lowest BCUT2D eigenvalue weighted by atomic mass is 10.1. The Bertz CT molecular complexity index is 577. The predicted octanol–water partition coefficient (Wildman–Crippen LogP) is 3.54. The average Bonchev–Trinajstić information content (AvgIpc) is 2.87. The van der Waals surface area contributed by atoms with Gasteiger partial charge in [-0.05, 0) is 46.1 Å². The van der Waals surface area contributed by atoms with Gasteiger partial charge in [-0.2, -0.15) is 0 Å². The number of hydrogen-bond acceptors (Lipinski definition) is 4. The summed E-state index contributed by atoms with van der Waals surface area (Å²) in [5, 5.41) is 17.6. The lowest BCUT2D eigenvalue weighted by Gasteiger charge is -2.21. The summed E-state index contributed by atoms with van der Waals surface area (Å²) in [5.74, 6) is 0. The van der Waals surface area contributed by atoms with Crippen LogP contribution in [0, 0.1) is 6.92 Å². The molecule has 120 valence electrons. The highest BCUT2D eigenvalue weighted by Crippen LogP contribution is 2.25. The van der Waals surface area contributed by atoms with Gasteiger partial charge in [-0.25, -0.2) is 0 Å². The first-order chi connectivity index (χ1) is 10.5. The van der Waals surface area contributed by atoms with Crippen LogP contribution in [0.1, 0.15) is 22.4 Å². The van der Waals surface area contributed by atoms with Crippen LogP contribution in [0.4, 0.5) is 0 Å². The first-order valence-corrected chi connectivity index (χ1v) is 8.88. The smallest absolute Gasteiger partial charge is 0.0799 e. The average molecular weight is 385 g/mol. The van der Waals surface area contributed by atoms with Crippen LogP contribution in [-0.4, -0.2) is 35.6 Å². The van der Waals surface area contributed by atoms with Crippen LogP contribution in [0.15, 0.2) is 40.2 Å². The van der Waals surface area contributed by atoms with Crippen molar-refractivity contribution in [1.82, 2.24) is 0 Å². The molecule has 2 unspecified atom stereocenters. The Kier molecular flexibility index (Phi) is 7.05. The quantitative estimate of drug-likeness (QED) is 0.832. The molecule has 5 heteroatoms. The summed E-state index contributed by atoms with van der Waals surface area (Å²) >= 11 is 5.29. The van der Waals surface area contributed by atoms with E-state index in [1.165, 1.54) is 19.8 Å². The molecule has 2 N–H and O–H groups in total. The molecule has 3 nitrogen and oxygen atoms in total. The molecule has 1 aromatic heterocycles. The van der Waals surface area contributed by atoms with E-state index in [1.807, 2.05) is 11.3 Å². The number of aliphatic hydroxyl groups is 2. The van der Waals surface area contributed by atoms with Gasteiger partial charge in [-0.3, -0.25) is 0 Å². The lowest BCUT2D eigenvalue weighted by Crippen LogP contribution is -2.32. The van der Waals surface area contributed by atoms with Gasteiger partial charge in [0, 0.05) is 17.7 Å². The van der Waals surface area contributed by atoms with Gasteiger partial charge < -0.3 is 14.9 Å². The molecular weight excluding hydrogens is 364 g/mol. The molecular formula is C17H21BrO3S. The Morgan fingerprint density at radius 1 is 1.14 bits per heavy atom. The first kappa shape index (κ1) is 17.6. The standard InChI is InChI=1S/C12H11BrS.C5H10O3/c1-9-4-2-3-5-10(9)8-11-6-7-12(13)14-11;6-4-1-5(7)3-8-2-4/h2-7H,8H2,1H3;4-7H,1-3H2. The maximum atomic E-state index is 8.79. The Morgan fingerprint density at radius 2 is 1.82 bits per heavy atom. The van der Waals surface area contributed by atoms with Crippen LogP contribution < -0.4 is 0 Å². The van der Waals surface area contributed by atoms with Crippen LogP contribution in [0.2, 0.25) is 0 Å². The van der Waals surface area contributed by atoms with Crippen molar-refractivity contribution in [1.29, 1.82) is 0 Å². The third kappa shape index (κ3) is 5.82. The zero-order valence-electron chi connectivity index (χ0n) is 12.5. The van der Waals surface area contributed by atoms with Crippen LogP contribution in [0.3, 0.4) is 0 Å². The van der Waals surface area contributed by atoms with Gasteiger partial charge in [-0.15, -0.1) is 11.3 Å². The number of aryl methyl sites for hydroxylation is 1. The van der Waals surface area contributed by atoms with Gasteiger partial charge in [0.1, 0.15) is 0 Å². The fraction of sp³-hybridized carbons (Fsp3) is 0.412. The second kappa shape index (κ2) is 8.79. The minimum absolute atomic E-state index is 0.372. The van der Waals surface area contributed by atoms with Crippen molar-refractivity contribution < 1.29 is 14.9 Å². The molecule has 0 amide bonds. The van der Waals surface area contributed by atoms with Gasteiger partial charge in [0.25, 0.3) is 0 Å². The summed E-state index contributed by atoms with van der Waals surface area (Å²) in [7, 11) is 0. The fourth-order valence-corrected chi connectivity index (χ4v) is 3.74. The summed E-state index contributed by atoms with van der Waals surface area (Å²) in [6.45, 7) is 2.91.